The van der Waals surface area contributed by atoms with Gasteiger partial charge in [-0.15, -0.1) is 0 Å². The summed E-state index contributed by atoms with van der Waals surface area (Å²) in [7, 11) is -3.83. The Morgan fingerprint density at radius 2 is 1.76 bits per heavy atom. The van der Waals surface area contributed by atoms with Crippen LogP contribution in [0, 0.1) is 0 Å². The normalized spacial score (nSPS) is 16.7. The van der Waals surface area contributed by atoms with E-state index in [1.807, 2.05) is 0 Å². The number of carboxylic acids is 1. The summed E-state index contributed by atoms with van der Waals surface area (Å²) in [5.74, 6) is -1.21. The Morgan fingerprint density at radius 1 is 1.24 bits per heavy atom. The maximum absolute atomic E-state index is 12.2. The van der Waals surface area contributed by atoms with Gasteiger partial charge in [-0.3, -0.25) is 4.72 Å². The minimum absolute atomic E-state index is 0.0465. The Labute approximate surface area is 131 Å². The molecule has 1 aliphatic heterocycles. The van der Waals surface area contributed by atoms with E-state index >= 15 is 0 Å². The number of benzene rings is 1. The first-order chi connectivity index (χ1) is 9.81. The number of aromatic carboxylic acids is 1. The van der Waals surface area contributed by atoms with E-state index in [9.17, 15) is 13.2 Å². The number of nitrogens with zero attached hydrogens (tertiary/aromatic N) is 1. The zero-order chi connectivity index (χ0) is 15.6. The molecule has 1 saturated heterocycles. The largest absolute Gasteiger partial charge is 0.478 e. The molecule has 0 amide bonds. The number of hydrogen-bond donors (Lipinski definition) is 2. The van der Waals surface area contributed by atoms with E-state index in [2.05, 4.69) is 4.72 Å². The van der Waals surface area contributed by atoms with Gasteiger partial charge in [0.05, 0.1) is 34.5 Å². The minimum Gasteiger partial charge on any atom is -0.478 e. The van der Waals surface area contributed by atoms with Crippen molar-refractivity contribution < 1.29 is 23.1 Å². The van der Waals surface area contributed by atoms with E-state index in [4.69, 9.17) is 33.0 Å². The lowest BCUT2D eigenvalue weighted by Gasteiger charge is -2.26. The predicted octanol–water partition coefficient (Wildman–Crippen LogP) is 1.68. The lowest BCUT2D eigenvalue weighted by molar-refractivity contribution is 0.0697. The van der Waals surface area contributed by atoms with Crippen LogP contribution in [0.25, 0.3) is 0 Å². The van der Waals surface area contributed by atoms with Crippen LogP contribution in [0.5, 0.6) is 0 Å². The number of carbonyl (C=O) groups is 1. The third-order valence-electron chi connectivity index (χ3n) is 2.83. The highest BCUT2D eigenvalue weighted by atomic mass is 35.5. The summed E-state index contributed by atoms with van der Waals surface area (Å²) < 4.78 is 33.0. The lowest BCUT2D eigenvalue weighted by atomic mass is 10.2. The molecule has 0 radical (unpaired) electrons. The second-order valence-corrected chi connectivity index (χ2v) is 6.72. The van der Waals surface area contributed by atoms with Crippen molar-refractivity contribution in [2.24, 2.45) is 0 Å². The molecule has 0 atom stereocenters. The minimum atomic E-state index is -3.83. The molecular weight excluding hydrogens is 343 g/mol. The molecule has 1 fully saturated rings. The highest BCUT2D eigenvalue weighted by Gasteiger charge is 2.26. The molecule has 1 heterocycles. The third-order valence-corrected chi connectivity index (χ3v) is 4.93. The Balaban J connectivity index is 2.28. The van der Waals surface area contributed by atoms with Gasteiger partial charge >= 0.3 is 16.2 Å². The molecule has 1 aromatic carbocycles. The van der Waals surface area contributed by atoms with Crippen LogP contribution in [-0.2, 0) is 14.9 Å². The zero-order valence-electron chi connectivity index (χ0n) is 10.7. The topological polar surface area (TPSA) is 95.9 Å². The van der Waals surface area contributed by atoms with E-state index in [0.29, 0.717) is 13.2 Å². The number of halogens is 2. The number of hydrogen-bond acceptors (Lipinski definition) is 4. The van der Waals surface area contributed by atoms with Gasteiger partial charge < -0.3 is 9.84 Å². The van der Waals surface area contributed by atoms with Gasteiger partial charge in [-0.2, -0.15) is 12.7 Å². The third kappa shape index (κ3) is 3.78. The van der Waals surface area contributed by atoms with Crippen molar-refractivity contribution in [3.8, 4) is 0 Å². The second kappa shape index (κ2) is 6.37. The van der Waals surface area contributed by atoms with Crippen LogP contribution in [0.4, 0.5) is 5.69 Å². The van der Waals surface area contributed by atoms with Gasteiger partial charge in [-0.05, 0) is 12.1 Å². The molecule has 10 heteroatoms. The highest BCUT2D eigenvalue weighted by Crippen LogP contribution is 2.33. The summed E-state index contributed by atoms with van der Waals surface area (Å²) in [5.41, 5.74) is -0.172. The SMILES string of the molecule is O=C(O)c1cc(Cl)c(NS(=O)(=O)N2CCOCC2)c(Cl)c1. The lowest BCUT2D eigenvalue weighted by Crippen LogP contribution is -2.43. The average Bonchev–Trinajstić information content (AvgIpc) is 2.43. The molecule has 7 nitrogen and oxygen atoms in total. The fraction of sp³-hybridized carbons (Fsp3) is 0.364. The monoisotopic (exact) mass is 354 g/mol. The predicted molar refractivity (Wildman–Crippen MR) is 78.4 cm³/mol. The number of rotatable bonds is 4. The fourth-order valence-corrected chi connectivity index (χ4v) is 3.70. The van der Waals surface area contributed by atoms with E-state index in [-0.39, 0.29) is 34.4 Å². The Bertz CT molecular complexity index is 636. The fourth-order valence-electron chi connectivity index (χ4n) is 1.77. The van der Waals surface area contributed by atoms with Crippen molar-refractivity contribution in [2.75, 3.05) is 31.0 Å². The van der Waals surface area contributed by atoms with Crippen LogP contribution in [0.15, 0.2) is 12.1 Å². The van der Waals surface area contributed by atoms with Crippen LogP contribution >= 0.6 is 23.2 Å². The van der Waals surface area contributed by atoms with Crippen molar-refractivity contribution in [3.63, 3.8) is 0 Å². The highest BCUT2D eigenvalue weighted by molar-refractivity contribution is 7.90. The number of anilines is 1. The van der Waals surface area contributed by atoms with Crippen molar-refractivity contribution in [1.29, 1.82) is 0 Å². The molecule has 1 aliphatic rings. The van der Waals surface area contributed by atoms with Gasteiger partial charge in [0.25, 0.3) is 0 Å². The van der Waals surface area contributed by atoms with Crippen molar-refractivity contribution in [2.45, 2.75) is 0 Å². The Hall–Kier alpha value is -1.06. The Morgan fingerprint density at radius 3 is 2.24 bits per heavy atom. The smallest absolute Gasteiger partial charge is 0.335 e. The number of nitrogens with one attached hydrogen (secondary N) is 1. The first-order valence-corrected chi connectivity index (χ1v) is 8.09. The summed E-state index contributed by atoms with van der Waals surface area (Å²) in [6.45, 7) is 1.05. The van der Waals surface area contributed by atoms with Gasteiger partial charge in [-0.1, -0.05) is 23.2 Å². The number of morpholine rings is 1. The number of ether oxygens (including phenoxy) is 1. The van der Waals surface area contributed by atoms with Crippen molar-refractivity contribution in [3.05, 3.63) is 27.7 Å². The first kappa shape index (κ1) is 16.3. The van der Waals surface area contributed by atoms with E-state index in [0.717, 1.165) is 12.1 Å². The molecule has 0 unspecified atom stereocenters. The van der Waals surface area contributed by atoms with Crippen LogP contribution in [-0.4, -0.2) is 50.1 Å². The zero-order valence-corrected chi connectivity index (χ0v) is 13.0. The molecule has 0 bridgehead atoms. The second-order valence-electron chi connectivity index (χ2n) is 4.24. The maximum atomic E-state index is 12.2. The molecular formula is C11H12Cl2N2O5S. The Kier molecular flexibility index (Phi) is 4.95. The van der Waals surface area contributed by atoms with Crippen LogP contribution < -0.4 is 4.72 Å². The molecule has 0 saturated carbocycles. The standard InChI is InChI=1S/C11H12Cl2N2O5S/c12-8-5-7(11(16)17)6-9(13)10(8)14-21(18,19)15-1-3-20-4-2-15/h5-6,14H,1-4H2,(H,16,17). The van der Waals surface area contributed by atoms with Gasteiger partial charge in [0.15, 0.2) is 0 Å². The summed E-state index contributed by atoms with van der Waals surface area (Å²) in [4.78, 5) is 10.9. The quantitative estimate of drug-likeness (QED) is 0.857. The van der Waals surface area contributed by atoms with Gasteiger partial charge in [-0.25, -0.2) is 4.79 Å². The molecule has 21 heavy (non-hydrogen) atoms. The van der Waals surface area contributed by atoms with Crippen molar-refractivity contribution >= 4 is 45.1 Å². The van der Waals surface area contributed by atoms with Crippen LogP contribution in [0.2, 0.25) is 10.0 Å². The summed E-state index contributed by atoms with van der Waals surface area (Å²) >= 11 is 11.8. The molecule has 0 aliphatic carbocycles. The van der Waals surface area contributed by atoms with Gasteiger partial charge in [0.2, 0.25) is 0 Å². The summed E-state index contributed by atoms with van der Waals surface area (Å²) in [6, 6.07) is 2.26. The van der Waals surface area contributed by atoms with E-state index in [1.54, 1.807) is 0 Å². The maximum Gasteiger partial charge on any atom is 0.335 e. The molecule has 1 aromatic rings. The summed E-state index contributed by atoms with van der Waals surface area (Å²) in [5, 5.41) is 8.71. The molecule has 116 valence electrons. The molecule has 2 rings (SSSR count). The van der Waals surface area contributed by atoms with Gasteiger partial charge in [0.1, 0.15) is 0 Å². The van der Waals surface area contributed by atoms with E-state index in [1.165, 1.54) is 4.31 Å². The average molecular weight is 355 g/mol. The van der Waals surface area contributed by atoms with Crippen molar-refractivity contribution in [1.82, 2.24) is 4.31 Å². The van der Waals surface area contributed by atoms with E-state index < -0.39 is 16.2 Å². The summed E-state index contributed by atoms with van der Waals surface area (Å²) in [6.07, 6.45) is 0. The number of carboxylic acid groups (broad SMARTS) is 1. The molecule has 2 N–H and O–H groups in total. The molecule has 0 spiro atoms. The van der Waals surface area contributed by atoms with Crippen LogP contribution in [0.3, 0.4) is 0 Å². The van der Waals surface area contributed by atoms with Gasteiger partial charge in [0, 0.05) is 13.1 Å². The molecule has 0 aromatic heterocycles. The van der Waals surface area contributed by atoms with Crippen LogP contribution in [0.1, 0.15) is 10.4 Å². The first-order valence-electron chi connectivity index (χ1n) is 5.89.